The van der Waals surface area contributed by atoms with Crippen molar-refractivity contribution >= 4 is 31.6 Å². The predicted molar refractivity (Wildman–Crippen MR) is 141 cm³/mol. The summed E-state index contributed by atoms with van der Waals surface area (Å²) in [4.78, 5) is 15.4. The van der Waals surface area contributed by atoms with Gasteiger partial charge in [-0.3, -0.25) is 4.79 Å². The number of anilines is 1. The van der Waals surface area contributed by atoms with Gasteiger partial charge in [0.25, 0.3) is 0 Å². The van der Waals surface area contributed by atoms with Crippen LogP contribution in [0.1, 0.15) is 18.4 Å². The fourth-order valence-electron chi connectivity index (χ4n) is 4.67. The molecule has 2 aliphatic rings. The number of piperazine rings is 1. The molecule has 2 heterocycles. The Morgan fingerprint density at radius 3 is 2.14 bits per heavy atom. The number of sulfonamides is 2. The topological polar surface area (TPSA) is 116 Å². The summed E-state index contributed by atoms with van der Waals surface area (Å²) in [7, 11) is -3.86. The lowest BCUT2D eigenvalue weighted by atomic mass is 9.99. The van der Waals surface area contributed by atoms with Crippen LogP contribution in [-0.4, -0.2) is 89.7 Å². The zero-order valence-corrected chi connectivity index (χ0v) is 23.0. The van der Waals surface area contributed by atoms with E-state index >= 15 is 0 Å². The quantitative estimate of drug-likeness (QED) is 0.560. The van der Waals surface area contributed by atoms with Crippen LogP contribution in [0.15, 0.2) is 52.3 Å². The van der Waals surface area contributed by atoms with Gasteiger partial charge in [-0.2, -0.15) is 8.61 Å². The number of piperidine rings is 1. The summed E-state index contributed by atoms with van der Waals surface area (Å²) in [6.07, 6.45) is 1.13. The number of benzene rings is 2. The van der Waals surface area contributed by atoms with E-state index in [0.717, 1.165) is 0 Å². The molecule has 0 spiro atoms. The summed E-state index contributed by atoms with van der Waals surface area (Å²) in [6.45, 7) is 4.44. The molecule has 37 heavy (non-hydrogen) atoms. The van der Waals surface area contributed by atoms with E-state index in [9.17, 15) is 21.6 Å². The number of likely N-dealkylation sites (N-methyl/N-ethyl adjacent to an activating group) is 1. The van der Waals surface area contributed by atoms with E-state index in [1.54, 1.807) is 31.2 Å². The van der Waals surface area contributed by atoms with Crippen molar-refractivity contribution in [1.29, 1.82) is 0 Å². The second-order valence-corrected chi connectivity index (χ2v) is 13.4. The first-order valence-corrected chi connectivity index (χ1v) is 15.1. The maximum atomic E-state index is 13.2. The van der Waals surface area contributed by atoms with Crippen molar-refractivity contribution in [2.45, 2.75) is 29.6 Å². The van der Waals surface area contributed by atoms with E-state index in [1.807, 2.05) is 7.05 Å². The largest absolute Gasteiger partial charge is 0.496 e. The average Bonchev–Trinajstić information content (AvgIpc) is 2.89. The summed E-state index contributed by atoms with van der Waals surface area (Å²) in [5.74, 6) is -0.200. The molecule has 0 aliphatic carbocycles. The van der Waals surface area contributed by atoms with Gasteiger partial charge in [0, 0.05) is 45.0 Å². The minimum Gasteiger partial charge on any atom is -0.496 e. The van der Waals surface area contributed by atoms with Gasteiger partial charge in [-0.25, -0.2) is 16.8 Å². The lowest BCUT2D eigenvalue weighted by molar-refractivity contribution is -0.120. The smallest absolute Gasteiger partial charge is 0.243 e. The van der Waals surface area contributed by atoms with Crippen molar-refractivity contribution in [2.75, 3.05) is 58.7 Å². The lowest BCUT2D eigenvalue weighted by Crippen LogP contribution is -2.47. The molecule has 1 amide bonds. The number of nitrogens with zero attached hydrogens (tertiary/aromatic N) is 3. The molecule has 2 fully saturated rings. The van der Waals surface area contributed by atoms with Crippen LogP contribution in [0.5, 0.6) is 5.75 Å². The third-order valence-electron chi connectivity index (χ3n) is 6.98. The molecule has 1 atom stereocenters. The van der Waals surface area contributed by atoms with E-state index in [2.05, 4.69) is 10.2 Å². The SMILES string of the molecule is COc1ccc(S(=O)(=O)N2CCC[C@H](C(=O)Nc3ccc(S(=O)(=O)N4CCN(C)CC4)cc3)C2)cc1C. The number of hydrogen-bond donors (Lipinski definition) is 1. The van der Waals surface area contributed by atoms with Gasteiger partial charge in [0.05, 0.1) is 22.8 Å². The molecule has 0 saturated carbocycles. The Balaban J connectivity index is 1.41. The average molecular weight is 551 g/mol. The molecule has 2 saturated heterocycles. The number of hydrogen-bond acceptors (Lipinski definition) is 7. The molecule has 202 valence electrons. The maximum Gasteiger partial charge on any atom is 0.243 e. The van der Waals surface area contributed by atoms with Gasteiger partial charge in [0.1, 0.15) is 5.75 Å². The zero-order valence-electron chi connectivity index (χ0n) is 21.4. The van der Waals surface area contributed by atoms with Gasteiger partial charge in [-0.1, -0.05) is 0 Å². The maximum absolute atomic E-state index is 13.2. The first-order chi connectivity index (χ1) is 17.5. The molecular weight excluding hydrogens is 516 g/mol. The Morgan fingerprint density at radius 1 is 0.892 bits per heavy atom. The van der Waals surface area contributed by atoms with E-state index in [-0.39, 0.29) is 22.2 Å². The molecule has 10 nitrogen and oxygen atoms in total. The van der Waals surface area contributed by atoms with Gasteiger partial charge >= 0.3 is 0 Å². The van der Waals surface area contributed by atoms with Crippen LogP contribution in [0, 0.1) is 12.8 Å². The highest BCUT2D eigenvalue weighted by Gasteiger charge is 2.34. The summed E-state index contributed by atoms with van der Waals surface area (Å²) < 4.78 is 60.4. The number of carbonyl (C=O) groups is 1. The fraction of sp³-hybridized carbons (Fsp3) is 0.480. The van der Waals surface area contributed by atoms with Crippen molar-refractivity contribution < 1.29 is 26.4 Å². The van der Waals surface area contributed by atoms with Crippen LogP contribution < -0.4 is 10.1 Å². The monoisotopic (exact) mass is 550 g/mol. The van der Waals surface area contributed by atoms with Crippen molar-refractivity contribution in [2.24, 2.45) is 5.92 Å². The molecule has 0 aromatic heterocycles. The highest BCUT2D eigenvalue weighted by molar-refractivity contribution is 7.89. The lowest BCUT2D eigenvalue weighted by Gasteiger charge is -2.31. The van der Waals surface area contributed by atoms with E-state index < -0.39 is 26.0 Å². The standard InChI is InChI=1S/C25H34N4O6S2/c1-19-17-23(10-11-24(19)35-3)37(33,34)29-12-4-5-20(18-29)25(30)26-21-6-8-22(9-7-21)36(31,32)28-15-13-27(2)14-16-28/h6-11,17,20H,4-5,12-16,18H2,1-3H3,(H,26,30)/t20-/m0/s1. The van der Waals surface area contributed by atoms with Crippen LogP contribution in [0.25, 0.3) is 0 Å². The predicted octanol–water partition coefficient (Wildman–Crippen LogP) is 1.98. The molecule has 0 radical (unpaired) electrons. The highest BCUT2D eigenvalue weighted by Crippen LogP contribution is 2.28. The molecule has 2 aromatic rings. The Bertz CT molecular complexity index is 1340. The summed E-state index contributed by atoms with van der Waals surface area (Å²) in [6, 6.07) is 10.8. The number of carbonyl (C=O) groups excluding carboxylic acids is 1. The molecule has 4 rings (SSSR count). The van der Waals surface area contributed by atoms with E-state index in [0.29, 0.717) is 62.6 Å². The summed E-state index contributed by atoms with van der Waals surface area (Å²) in [5, 5.41) is 2.82. The van der Waals surface area contributed by atoms with Gasteiger partial charge in [0.2, 0.25) is 26.0 Å². The molecule has 2 aliphatic heterocycles. The second-order valence-electron chi connectivity index (χ2n) is 9.55. The van der Waals surface area contributed by atoms with Crippen LogP contribution in [0.2, 0.25) is 0 Å². The van der Waals surface area contributed by atoms with Crippen molar-refractivity contribution in [3.05, 3.63) is 48.0 Å². The van der Waals surface area contributed by atoms with Crippen molar-refractivity contribution in [1.82, 2.24) is 13.5 Å². The molecule has 0 bridgehead atoms. The molecule has 0 unspecified atom stereocenters. The zero-order chi connectivity index (χ0) is 26.8. The second kappa shape index (κ2) is 11.1. The van der Waals surface area contributed by atoms with Gasteiger partial charge in [-0.05, 0) is 74.8 Å². The van der Waals surface area contributed by atoms with Gasteiger partial charge in [0.15, 0.2) is 0 Å². The number of ether oxygens (including phenoxy) is 1. The minimum absolute atomic E-state index is 0.0785. The third-order valence-corrected chi connectivity index (χ3v) is 10.8. The molecule has 1 N–H and O–H groups in total. The Hall–Kier alpha value is -2.51. The number of rotatable bonds is 7. The van der Waals surface area contributed by atoms with Crippen LogP contribution in [-0.2, 0) is 24.8 Å². The Labute approximate surface area is 219 Å². The van der Waals surface area contributed by atoms with Crippen LogP contribution in [0.4, 0.5) is 5.69 Å². The number of methoxy groups -OCH3 is 1. The number of nitrogens with one attached hydrogen (secondary N) is 1. The van der Waals surface area contributed by atoms with E-state index in [4.69, 9.17) is 4.74 Å². The highest BCUT2D eigenvalue weighted by atomic mass is 32.2. The summed E-state index contributed by atoms with van der Waals surface area (Å²) in [5.41, 5.74) is 1.18. The Morgan fingerprint density at radius 2 is 1.51 bits per heavy atom. The van der Waals surface area contributed by atoms with Crippen LogP contribution >= 0.6 is 0 Å². The number of aryl methyl sites for hydroxylation is 1. The van der Waals surface area contributed by atoms with Crippen molar-refractivity contribution in [3.8, 4) is 5.75 Å². The van der Waals surface area contributed by atoms with Crippen molar-refractivity contribution in [3.63, 3.8) is 0 Å². The van der Waals surface area contributed by atoms with Gasteiger partial charge < -0.3 is 15.0 Å². The molecule has 12 heteroatoms. The fourth-order valence-corrected chi connectivity index (χ4v) is 7.70. The third kappa shape index (κ3) is 5.99. The normalized spacial score (nSPS) is 20.5. The van der Waals surface area contributed by atoms with Gasteiger partial charge in [-0.15, -0.1) is 0 Å². The van der Waals surface area contributed by atoms with Crippen LogP contribution in [0.3, 0.4) is 0 Å². The molecular formula is C25H34N4O6S2. The first-order valence-electron chi connectivity index (χ1n) is 12.3. The number of amides is 1. The summed E-state index contributed by atoms with van der Waals surface area (Å²) >= 11 is 0. The minimum atomic E-state index is -3.76. The van der Waals surface area contributed by atoms with E-state index in [1.165, 1.54) is 33.9 Å². The Kier molecular flexibility index (Phi) is 8.24. The first kappa shape index (κ1) is 27.5. The molecule has 2 aromatic carbocycles.